The van der Waals surface area contributed by atoms with E-state index in [1.807, 2.05) is 17.0 Å². The van der Waals surface area contributed by atoms with Crippen molar-refractivity contribution < 1.29 is 22.7 Å². The van der Waals surface area contributed by atoms with E-state index in [0.29, 0.717) is 23.8 Å². The van der Waals surface area contributed by atoms with E-state index in [2.05, 4.69) is 27.1 Å². The number of alkyl halides is 3. The third kappa shape index (κ3) is 4.70. The first-order valence-corrected chi connectivity index (χ1v) is 11.9. The van der Waals surface area contributed by atoms with Crippen LogP contribution in [0.25, 0.3) is 10.2 Å². The molecule has 5 rings (SSSR count). The summed E-state index contributed by atoms with van der Waals surface area (Å²) in [7, 11) is 0. The van der Waals surface area contributed by atoms with Gasteiger partial charge in [0.05, 0.1) is 17.5 Å². The Morgan fingerprint density at radius 2 is 1.94 bits per heavy atom. The van der Waals surface area contributed by atoms with Crippen LogP contribution >= 0.6 is 11.3 Å². The molecule has 0 N–H and O–H groups in total. The lowest BCUT2D eigenvalue weighted by Crippen LogP contribution is -2.36. The number of hydrogen-bond donors (Lipinski definition) is 0. The molecule has 1 aromatic carbocycles. The van der Waals surface area contributed by atoms with Gasteiger partial charge in [-0.1, -0.05) is 31.5 Å². The highest BCUT2D eigenvalue weighted by Gasteiger charge is 2.39. The monoisotopic (exact) mass is 502 g/mol. The molecule has 4 aromatic rings. The molecule has 1 aliphatic heterocycles. The van der Waals surface area contributed by atoms with Crippen LogP contribution in [0.15, 0.2) is 36.4 Å². The number of carbonyl (C=O) groups excluding carboxylic acids is 1. The van der Waals surface area contributed by atoms with E-state index >= 15 is 0 Å². The molecule has 0 saturated carbocycles. The molecule has 4 heterocycles. The maximum atomic E-state index is 13.2. The molecule has 0 unspecified atom stereocenters. The van der Waals surface area contributed by atoms with Crippen LogP contribution in [0.2, 0.25) is 0 Å². The van der Waals surface area contributed by atoms with Crippen molar-refractivity contribution in [2.24, 2.45) is 0 Å². The fraction of sp³-hybridized carbons (Fsp3) is 0.348. The van der Waals surface area contributed by atoms with Gasteiger partial charge < -0.3 is 14.2 Å². The third-order valence-electron chi connectivity index (χ3n) is 5.61. The quantitative estimate of drug-likeness (QED) is 0.355. The number of esters is 1. The summed E-state index contributed by atoms with van der Waals surface area (Å²) < 4.78 is 46.3. The van der Waals surface area contributed by atoms with Crippen LogP contribution in [-0.4, -0.2) is 37.2 Å². The average Bonchev–Trinajstić information content (AvgIpc) is 3.46. The van der Waals surface area contributed by atoms with Crippen molar-refractivity contribution in [1.82, 2.24) is 24.7 Å². The maximum absolute atomic E-state index is 13.2. The number of ether oxygens (including phenoxy) is 1. The number of aryl methyl sites for hydroxylation is 1. The Balaban J connectivity index is 1.45. The molecule has 0 aliphatic carbocycles. The Morgan fingerprint density at radius 1 is 1.14 bits per heavy atom. The summed E-state index contributed by atoms with van der Waals surface area (Å²) in [6, 6.07) is 10.6. The summed E-state index contributed by atoms with van der Waals surface area (Å²) >= 11 is 1.54. The zero-order valence-electron chi connectivity index (χ0n) is 18.7. The van der Waals surface area contributed by atoms with E-state index in [1.165, 1.54) is 11.3 Å². The minimum Gasteiger partial charge on any atom is -0.454 e. The van der Waals surface area contributed by atoms with Gasteiger partial charge in [0.15, 0.2) is 18.3 Å². The molecule has 3 aromatic heterocycles. The summed E-state index contributed by atoms with van der Waals surface area (Å²) in [5.74, 6) is -0.350. The van der Waals surface area contributed by atoms with Crippen LogP contribution in [0.3, 0.4) is 0 Å². The summed E-state index contributed by atoms with van der Waals surface area (Å²) in [5.41, 5.74) is 0.422. The second kappa shape index (κ2) is 9.25. The van der Waals surface area contributed by atoms with Gasteiger partial charge in [0.1, 0.15) is 10.6 Å². The van der Waals surface area contributed by atoms with Crippen molar-refractivity contribution in [2.75, 3.05) is 11.4 Å². The SMILES string of the molecule is CCCc1cc2c(N3CCn4c(nnc4C(F)(F)F)C3)nc(COC(=O)c3ccccc3)nc2s1. The van der Waals surface area contributed by atoms with Crippen molar-refractivity contribution in [1.29, 1.82) is 0 Å². The Morgan fingerprint density at radius 3 is 2.69 bits per heavy atom. The number of aromatic nitrogens is 5. The number of benzene rings is 1. The van der Waals surface area contributed by atoms with Crippen molar-refractivity contribution in [3.63, 3.8) is 0 Å². The van der Waals surface area contributed by atoms with Gasteiger partial charge in [-0.05, 0) is 24.6 Å². The number of nitrogens with zero attached hydrogens (tertiary/aromatic N) is 6. The van der Waals surface area contributed by atoms with Gasteiger partial charge >= 0.3 is 12.1 Å². The molecule has 0 radical (unpaired) electrons. The van der Waals surface area contributed by atoms with Crippen LogP contribution in [0.5, 0.6) is 0 Å². The van der Waals surface area contributed by atoms with Gasteiger partial charge in [-0.2, -0.15) is 13.2 Å². The standard InChI is InChI=1S/C23H21F3N6O2S/c1-2-6-15-11-16-19(31-9-10-32-18(12-31)29-30-22(32)23(24,25)26)27-17(28-20(16)35-15)13-34-21(33)14-7-4-3-5-8-14/h3-5,7-8,11H,2,6,9-10,12-13H2,1H3. The molecule has 0 fully saturated rings. The lowest BCUT2D eigenvalue weighted by atomic mass is 10.2. The first-order valence-electron chi connectivity index (χ1n) is 11.1. The molecule has 12 heteroatoms. The van der Waals surface area contributed by atoms with E-state index in [0.717, 1.165) is 32.5 Å². The molecule has 182 valence electrons. The van der Waals surface area contributed by atoms with E-state index < -0.39 is 18.0 Å². The highest BCUT2D eigenvalue weighted by atomic mass is 32.1. The van der Waals surface area contributed by atoms with Crippen LogP contribution in [0, 0.1) is 0 Å². The van der Waals surface area contributed by atoms with Crippen LogP contribution in [0.1, 0.15) is 46.1 Å². The molecule has 0 atom stereocenters. The van der Waals surface area contributed by atoms with Crippen LogP contribution in [-0.2, 0) is 37.0 Å². The van der Waals surface area contributed by atoms with Crippen molar-refractivity contribution in [2.45, 2.75) is 45.6 Å². The van der Waals surface area contributed by atoms with Gasteiger partial charge in [-0.3, -0.25) is 0 Å². The zero-order chi connectivity index (χ0) is 24.6. The summed E-state index contributed by atoms with van der Waals surface area (Å²) in [5, 5.41) is 7.95. The number of carbonyl (C=O) groups is 1. The molecule has 1 aliphatic rings. The Kier molecular flexibility index (Phi) is 6.13. The topological polar surface area (TPSA) is 86.0 Å². The smallest absolute Gasteiger partial charge is 0.451 e. The van der Waals surface area contributed by atoms with Crippen molar-refractivity contribution >= 4 is 33.3 Å². The summed E-state index contributed by atoms with van der Waals surface area (Å²) in [6.45, 7) is 2.45. The molecule has 0 amide bonds. The number of thiophene rings is 1. The van der Waals surface area contributed by atoms with Crippen LogP contribution < -0.4 is 4.90 Å². The number of anilines is 1. The van der Waals surface area contributed by atoms with Crippen LogP contribution in [0.4, 0.5) is 19.0 Å². The second-order valence-corrected chi connectivity index (χ2v) is 9.21. The van der Waals surface area contributed by atoms with E-state index in [9.17, 15) is 18.0 Å². The lowest BCUT2D eigenvalue weighted by Gasteiger charge is -2.29. The number of fused-ring (bicyclic) bond motifs is 2. The summed E-state index contributed by atoms with van der Waals surface area (Å²) in [6.07, 6.45) is -2.72. The largest absolute Gasteiger partial charge is 0.454 e. The number of hydrogen-bond acceptors (Lipinski definition) is 8. The van der Waals surface area contributed by atoms with E-state index in [4.69, 9.17) is 4.74 Å². The second-order valence-electron chi connectivity index (χ2n) is 8.10. The normalized spacial score (nSPS) is 13.8. The fourth-order valence-electron chi connectivity index (χ4n) is 4.01. The Hall–Kier alpha value is -3.54. The maximum Gasteiger partial charge on any atom is 0.451 e. The van der Waals surface area contributed by atoms with E-state index in [-0.39, 0.29) is 25.5 Å². The minimum atomic E-state index is -4.56. The molecular weight excluding hydrogens is 481 g/mol. The van der Waals surface area contributed by atoms with Gasteiger partial charge in [0.2, 0.25) is 5.82 Å². The average molecular weight is 503 g/mol. The summed E-state index contributed by atoms with van der Waals surface area (Å²) in [4.78, 5) is 25.4. The number of rotatable bonds is 6. The van der Waals surface area contributed by atoms with Crippen molar-refractivity contribution in [3.05, 3.63) is 64.3 Å². The highest BCUT2D eigenvalue weighted by molar-refractivity contribution is 7.18. The molecule has 35 heavy (non-hydrogen) atoms. The predicted molar refractivity (Wildman–Crippen MR) is 123 cm³/mol. The van der Waals surface area contributed by atoms with Gasteiger partial charge in [-0.15, -0.1) is 21.5 Å². The van der Waals surface area contributed by atoms with Gasteiger partial charge in [0.25, 0.3) is 0 Å². The molecule has 0 saturated heterocycles. The predicted octanol–water partition coefficient (Wildman–Crippen LogP) is 4.63. The minimum absolute atomic E-state index is 0.0763. The molecular formula is C23H21F3N6O2S. The first-order chi connectivity index (χ1) is 16.8. The molecule has 8 nitrogen and oxygen atoms in total. The van der Waals surface area contributed by atoms with E-state index in [1.54, 1.807) is 24.3 Å². The zero-order valence-corrected chi connectivity index (χ0v) is 19.6. The Labute approximate surface area is 202 Å². The molecule has 0 spiro atoms. The highest BCUT2D eigenvalue weighted by Crippen LogP contribution is 2.35. The number of halogens is 3. The first kappa shape index (κ1) is 23.2. The van der Waals surface area contributed by atoms with Gasteiger partial charge in [-0.25, -0.2) is 14.8 Å². The third-order valence-corrected chi connectivity index (χ3v) is 6.70. The molecule has 0 bridgehead atoms. The lowest BCUT2D eigenvalue weighted by molar-refractivity contribution is -0.147. The van der Waals surface area contributed by atoms with Crippen molar-refractivity contribution in [3.8, 4) is 0 Å². The Bertz CT molecular complexity index is 1370. The fourth-order valence-corrected chi connectivity index (χ4v) is 5.15. The van der Waals surface area contributed by atoms with Gasteiger partial charge in [0, 0.05) is 18.0 Å².